The third kappa shape index (κ3) is 5.87. The second-order valence-corrected chi connectivity index (χ2v) is 10.5. The van der Waals surface area contributed by atoms with Gasteiger partial charge in [0.15, 0.2) is 0 Å². The van der Waals surface area contributed by atoms with Crippen molar-refractivity contribution >= 4 is 44.9 Å². The van der Waals surface area contributed by atoms with E-state index in [1.54, 1.807) is 48.7 Å². The highest BCUT2D eigenvalue weighted by Gasteiger charge is 2.37. The van der Waals surface area contributed by atoms with Crippen molar-refractivity contribution in [2.45, 2.75) is 18.9 Å². The average Bonchev–Trinajstić information content (AvgIpc) is 3.05. The molecule has 13 heteroatoms. The van der Waals surface area contributed by atoms with Crippen molar-refractivity contribution < 1.29 is 31.1 Å². The molecule has 238 valence electrons. The molecule has 0 fully saturated rings. The maximum Gasteiger partial charge on any atom is 0.416 e. The van der Waals surface area contributed by atoms with Gasteiger partial charge in [0.1, 0.15) is 17.1 Å². The highest BCUT2D eigenvalue weighted by molar-refractivity contribution is 5.99. The second-order valence-electron chi connectivity index (χ2n) is 10.5. The van der Waals surface area contributed by atoms with Gasteiger partial charge < -0.3 is 15.4 Å². The minimum atomic E-state index is -5.10. The smallest absolute Gasteiger partial charge is 0.416 e. The van der Waals surface area contributed by atoms with Gasteiger partial charge in [0, 0.05) is 28.2 Å². The number of hydrogen-bond donors (Lipinski definition) is 2. The molecule has 2 N–H and O–H groups in total. The zero-order chi connectivity index (χ0) is 33.7. The quantitative estimate of drug-likeness (QED) is 0.127. The third-order valence-corrected chi connectivity index (χ3v) is 7.63. The van der Waals surface area contributed by atoms with Crippen LogP contribution in [-0.4, -0.2) is 17.1 Å². The van der Waals surface area contributed by atoms with Gasteiger partial charge in [-0.2, -0.15) is 26.3 Å². The molecule has 0 radical (unpaired) electrons. The SMILES string of the molecule is C=Cc1cccc2nc(CNc3c(Nc4cc(C(F)(F)F)cc(C(F)(F)F)c4)c(=O)c3=O)c(-c3ccnc4ccc(OC)cc34)cc12. The molecule has 47 heavy (non-hydrogen) atoms. The van der Waals surface area contributed by atoms with Crippen molar-refractivity contribution in [3.8, 4) is 16.9 Å². The molecule has 0 amide bonds. The number of aromatic nitrogens is 2. The normalized spacial score (nSPS) is 12.1. The molecular formula is C34H22F6N4O3. The summed E-state index contributed by atoms with van der Waals surface area (Å²) < 4.78 is 85.8. The molecule has 2 aromatic heterocycles. The summed E-state index contributed by atoms with van der Waals surface area (Å²) in [7, 11) is 1.53. The number of nitrogens with one attached hydrogen (secondary N) is 2. The van der Waals surface area contributed by atoms with E-state index in [9.17, 15) is 35.9 Å². The lowest BCUT2D eigenvalue weighted by molar-refractivity contribution is -0.143. The Bertz CT molecular complexity index is 2240. The number of fused-ring (bicyclic) bond motifs is 2. The van der Waals surface area contributed by atoms with Gasteiger partial charge in [-0.1, -0.05) is 24.8 Å². The first kappa shape index (κ1) is 31.3. The summed E-state index contributed by atoms with van der Waals surface area (Å²) in [5.74, 6) is 0.578. The van der Waals surface area contributed by atoms with Crippen LogP contribution in [0, 0.1) is 0 Å². The number of benzene rings is 3. The van der Waals surface area contributed by atoms with Gasteiger partial charge in [0.25, 0.3) is 10.9 Å². The Balaban J connectivity index is 1.42. The van der Waals surface area contributed by atoms with Gasteiger partial charge in [0.2, 0.25) is 0 Å². The minimum absolute atomic E-state index is 0.0322. The van der Waals surface area contributed by atoms with Gasteiger partial charge in [-0.25, -0.2) is 0 Å². The topological polar surface area (TPSA) is 93.2 Å². The Kier molecular flexibility index (Phi) is 7.70. The molecule has 0 atom stereocenters. The molecule has 0 spiro atoms. The van der Waals surface area contributed by atoms with Crippen LogP contribution in [0.25, 0.3) is 39.0 Å². The van der Waals surface area contributed by atoms with E-state index < -0.39 is 45.7 Å². The molecule has 0 bridgehead atoms. The van der Waals surface area contributed by atoms with Crippen LogP contribution >= 0.6 is 0 Å². The lowest BCUT2D eigenvalue weighted by Gasteiger charge is -2.19. The lowest BCUT2D eigenvalue weighted by atomic mass is 9.96. The van der Waals surface area contributed by atoms with Crippen molar-refractivity contribution in [2.75, 3.05) is 17.7 Å². The molecule has 7 nitrogen and oxygen atoms in total. The van der Waals surface area contributed by atoms with Gasteiger partial charge >= 0.3 is 12.4 Å². The number of anilines is 3. The van der Waals surface area contributed by atoms with Crippen LogP contribution in [0.1, 0.15) is 22.4 Å². The number of alkyl halides is 6. The van der Waals surface area contributed by atoms with Crippen molar-refractivity contribution in [2.24, 2.45) is 0 Å². The first-order valence-electron chi connectivity index (χ1n) is 13.9. The number of halogens is 6. The highest BCUT2D eigenvalue weighted by Crippen LogP contribution is 2.39. The fourth-order valence-electron chi connectivity index (χ4n) is 5.31. The van der Waals surface area contributed by atoms with Gasteiger partial charge in [0.05, 0.1) is 41.5 Å². The molecular weight excluding hydrogens is 626 g/mol. The molecule has 0 aliphatic heterocycles. The summed E-state index contributed by atoms with van der Waals surface area (Å²) in [4.78, 5) is 34.4. The summed E-state index contributed by atoms with van der Waals surface area (Å²) in [5, 5.41) is 6.62. The van der Waals surface area contributed by atoms with E-state index in [4.69, 9.17) is 9.72 Å². The van der Waals surface area contributed by atoms with Gasteiger partial charge in [-0.05, 0) is 65.7 Å². The van der Waals surface area contributed by atoms with Crippen LogP contribution in [0.2, 0.25) is 0 Å². The van der Waals surface area contributed by atoms with E-state index in [0.29, 0.717) is 45.7 Å². The van der Waals surface area contributed by atoms with E-state index >= 15 is 0 Å². The minimum Gasteiger partial charge on any atom is -0.497 e. The van der Waals surface area contributed by atoms with Crippen molar-refractivity contribution in [3.63, 3.8) is 0 Å². The van der Waals surface area contributed by atoms with E-state index in [1.165, 1.54) is 7.11 Å². The molecule has 4 aromatic carbocycles. The van der Waals surface area contributed by atoms with Crippen molar-refractivity contribution in [1.29, 1.82) is 0 Å². The number of pyridine rings is 2. The van der Waals surface area contributed by atoms with Crippen molar-refractivity contribution in [1.82, 2.24) is 9.97 Å². The lowest BCUT2D eigenvalue weighted by Crippen LogP contribution is -2.36. The Morgan fingerprint density at radius 3 is 2.17 bits per heavy atom. The number of ether oxygens (including phenoxy) is 1. The molecule has 0 aliphatic carbocycles. The Morgan fingerprint density at radius 1 is 0.809 bits per heavy atom. The van der Waals surface area contributed by atoms with Crippen LogP contribution in [0.3, 0.4) is 0 Å². The zero-order valence-electron chi connectivity index (χ0n) is 24.3. The number of nitrogens with zero attached hydrogens (tertiary/aromatic N) is 2. The summed E-state index contributed by atoms with van der Waals surface area (Å²) in [6.45, 7) is 3.73. The van der Waals surface area contributed by atoms with Crippen LogP contribution < -0.4 is 26.2 Å². The van der Waals surface area contributed by atoms with E-state index in [1.807, 2.05) is 12.1 Å². The molecule has 6 rings (SSSR count). The third-order valence-electron chi connectivity index (χ3n) is 7.63. The zero-order valence-corrected chi connectivity index (χ0v) is 24.3. The summed E-state index contributed by atoms with van der Waals surface area (Å²) in [6, 6.07) is 15.3. The standard InChI is InChI=1S/C34H22F6N4O3/c1-3-17-5-4-6-27-23(17)15-25(22-9-10-41-26-8-7-21(47-2)14-24(22)26)28(44-27)16-42-29-30(32(46)31(29)45)43-20-12-18(33(35,36)37)11-19(13-20)34(38,39)40/h3-15,42-43H,1,16H2,2H3. The monoisotopic (exact) mass is 648 g/mol. The fourth-order valence-corrected chi connectivity index (χ4v) is 5.31. The van der Waals surface area contributed by atoms with Crippen LogP contribution in [-0.2, 0) is 18.9 Å². The Labute approximate surface area is 261 Å². The number of rotatable bonds is 8. The van der Waals surface area contributed by atoms with Crippen LogP contribution in [0.4, 0.5) is 43.4 Å². The fraction of sp³-hybridized carbons (Fsp3) is 0.118. The summed E-state index contributed by atoms with van der Waals surface area (Å²) >= 11 is 0. The van der Waals surface area contributed by atoms with E-state index in [2.05, 4.69) is 22.2 Å². The van der Waals surface area contributed by atoms with Gasteiger partial charge in [-0.3, -0.25) is 19.6 Å². The number of hydrogen-bond acceptors (Lipinski definition) is 7. The second kappa shape index (κ2) is 11.6. The molecule has 0 aliphatic rings. The molecule has 0 unspecified atom stereocenters. The molecule has 0 saturated heterocycles. The van der Waals surface area contributed by atoms with Crippen LogP contribution in [0.5, 0.6) is 5.75 Å². The van der Waals surface area contributed by atoms with E-state index in [-0.39, 0.29) is 18.3 Å². The van der Waals surface area contributed by atoms with Crippen molar-refractivity contribution in [3.05, 3.63) is 122 Å². The maximum atomic E-state index is 13.4. The largest absolute Gasteiger partial charge is 0.497 e. The Hall–Kier alpha value is -5.72. The van der Waals surface area contributed by atoms with E-state index in [0.717, 1.165) is 16.3 Å². The highest BCUT2D eigenvalue weighted by atomic mass is 19.4. The first-order valence-corrected chi connectivity index (χ1v) is 13.9. The average molecular weight is 649 g/mol. The predicted molar refractivity (Wildman–Crippen MR) is 168 cm³/mol. The first-order chi connectivity index (χ1) is 22.3. The molecule has 2 heterocycles. The van der Waals surface area contributed by atoms with Crippen LogP contribution in [0.15, 0.2) is 89.1 Å². The summed E-state index contributed by atoms with van der Waals surface area (Å²) in [6.07, 6.45) is -6.90. The maximum absolute atomic E-state index is 13.4. The van der Waals surface area contributed by atoms with Gasteiger partial charge in [-0.15, -0.1) is 0 Å². The molecule has 0 saturated carbocycles. The predicted octanol–water partition coefficient (Wildman–Crippen LogP) is 8.09. The number of methoxy groups -OCH3 is 1. The molecule has 6 aromatic rings. The summed E-state index contributed by atoms with van der Waals surface area (Å²) in [5.41, 5.74) is -2.88. The Morgan fingerprint density at radius 2 is 1.51 bits per heavy atom.